The Morgan fingerprint density at radius 1 is 0.409 bits per heavy atom. The van der Waals surface area contributed by atoms with Gasteiger partial charge >= 0.3 is 0 Å². The predicted octanol–water partition coefficient (Wildman–Crippen LogP) is 8.78. The molecule has 2 N–H and O–H groups in total. The summed E-state index contributed by atoms with van der Waals surface area (Å²) in [5.74, 6) is 1.71. The Balaban J connectivity index is 1.35. The van der Waals surface area contributed by atoms with Crippen LogP contribution in [-0.2, 0) is 0 Å². The normalized spacial score (nSPS) is 11.4. The second-order valence-electron chi connectivity index (χ2n) is 10.7. The highest BCUT2D eigenvalue weighted by Crippen LogP contribution is 2.37. The van der Waals surface area contributed by atoms with Crippen molar-refractivity contribution < 1.29 is 10.2 Å². The fourth-order valence-electron chi connectivity index (χ4n) is 5.87. The Hall–Kier alpha value is -6.14. The van der Waals surface area contributed by atoms with Crippen LogP contribution in [0.3, 0.4) is 0 Å². The summed E-state index contributed by atoms with van der Waals surface area (Å²) in [6.45, 7) is 0. The molecule has 0 amide bonds. The number of para-hydroxylation sites is 4. The Morgan fingerprint density at radius 3 is 1.20 bits per heavy atom. The number of aromatic nitrogens is 4. The monoisotopic (exact) mass is 570 g/mol. The number of benzene rings is 6. The van der Waals surface area contributed by atoms with Gasteiger partial charge in [0.2, 0.25) is 0 Å². The lowest BCUT2D eigenvalue weighted by Crippen LogP contribution is -1.98. The molecule has 8 aromatic rings. The van der Waals surface area contributed by atoms with E-state index in [-0.39, 0.29) is 11.5 Å². The minimum absolute atomic E-state index is 0.181. The standard InChI is InChI=1S/C38H26N4O2/c43-35-17-9-7-15-29(35)37-39-31-21-19-25(23-33(31)41(37)27-11-3-1-4-12-27)26-20-22-32-34(24-26)42(28-13-5-2-6-14-28)38(40-32)30-16-8-10-18-36(30)44/h1-24,43-44H. The van der Waals surface area contributed by atoms with Crippen molar-refractivity contribution in [2.24, 2.45) is 0 Å². The van der Waals surface area contributed by atoms with Crippen molar-refractivity contribution in [1.29, 1.82) is 0 Å². The first kappa shape index (κ1) is 25.6. The van der Waals surface area contributed by atoms with Gasteiger partial charge in [-0.25, -0.2) is 9.97 Å². The van der Waals surface area contributed by atoms with Crippen molar-refractivity contribution in [2.75, 3.05) is 0 Å². The fraction of sp³-hybridized carbons (Fsp3) is 0. The van der Waals surface area contributed by atoms with E-state index >= 15 is 0 Å². The third-order valence-electron chi connectivity index (χ3n) is 7.96. The Labute approximate surface area is 253 Å². The van der Waals surface area contributed by atoms with Gasteiger partial charge in [0.05, 0.1) is 33.2 Å². The van der Waals surface area contributed by atoms with E-state index in [1.807, 2.05) is 109 Å². The average Bonchev–Trinajstić information content (AvgIpc) is 3.64. The number of hydrogen-bond acceptors (Lipinski definition) is 4. The zero-order chi connectivity index (χ0) is 29.6. The molecule has 0 spiro atoms. The van der Waals surface area contributed by atoms with Crippen molar-refractivity contribution in [1.82, 2.24) is 19.1 Å². The van der Waals surface area contributed by atoms with Crippen LogP contribution >= 0.6 is 0 Å². The molecule has 6 heteroatoms. The highest BCUT2D eigenvalue weighted by atomic mass is 16.3. The molecule has 8 rings (SSSR count). The Morgan fingerprint density at radius 2 is 0.795 bits per heavy atom. The van der Waals surface area contributed by atoms with Gasteiger partial charge in [0.1, 0.15) is 23.1 Å². The van der Waals surface area contributed by atoms with Gasteiger partial charge in [-0.2, -0.15) is 0 Å². The summed E-state index contributed by atoms with van der Waals surface area (Å²) in [4.78, 5) is 9.94. The van der Waals surface area contributed by atoms with Crippen LogP contribution < -0.4 is 0 Å². The maximum absolute atomic E-state index is 10.7. The third-order valence-corrected chi connectivity index (χ3v) is 7.96. The minimum atomic E-state index is 0.181. The van der Waals surface area contributed by atoms with Gasteiger partial charge in [-0.3, -0.25) is 9.13 Å². The van der Waals surface area contributed by atoms with Crippen LogP contribution in [-0.4, -0.2) is 29.3 Å². The lowest BCUT2D eigenvalue weighted by atomic mass is 10.0. The second kappa shape index (κ2) is 10.3. The van der Waals surface area contributed by atoms with Crippen molar-refractivity contribution in [3.05, 3.63) is 146 Å². The largest absolute Gasteiger partial charge is 0.507 e. The molecular formula is C38H26N4O2. The first-order chi connectivity index (χ1) is 21.7. The summed E-state index contributed by atoms with van der Waals surface area (Å²) < 4.78 is 4.19. The molecule has 2 heterocycles. The van der Waals surface area contributed by atoms with Crippen molar-refractivity contribution in [2.45, 2.75) is 0 Å². The van der Waals surface area contributed by atoms with E-state index in [1.54, 1.807) is 12.1 Å². The molecule has 0 bridgehead atoms. The van der Waals surface area contributed by atoms with Gasteiger partial charge in [0, 0.05) is 11.4 Å². The van der Waals surface area contributed by atoms with Gasteiger partial charge in [-0.1, -0.05) is 72.8 Å². The van der Waals surface area contributed by atoms with Crippen LogP contribution in [0.4, 0.5) is 0 Å². The van der Waals surface area contributed by atoms with Crippen LogP contribution in [0.5, 0.6) is 11.5 Å². The number of rotatable bonds is 5. The summed E-state index contributed by atoms with van der Waals surface area (Å²) in [7, 11) is 0. The molecule has 6 nitrogen and oxygen atoms in total. The molecule has 44 heavy (non-hydrogen) atoms. The first-order valence-electron chi connectivity index (χ1n) is 14.4. The quantitative estimate of drug-likeness (QED) is 0.217. The summed E-state index contributed by atoms with van der Waals surface area (Å²) in [5.41, 5.74) is 8.79. The van der Waals surface area contributed by atoms with E-state index < -0.39 is 0 Å². The van der Waals surface area contributed by atoms with Crippen LogP contribution in [0.2, 0.25) is 0 Å². The lowest BCUT2D eigenvalue weighted by Gasteiger charge is -2.12. The highest BCUT2D eigenvalue weighted by molar-refractivity contribution is 5.92. The molecule has 0 aliphatic rings. The molecule has 6 aromatic carbocycles. The molecule has 0 fully saturated rings. The number of imidazole rings is 2. The highest BCUT2D eigenvalue weighted by Gasteiger charge is 2.20. The van der Waals surface area contributed by atoms with Crippen molar-refractivity contribution >= 4 is 22.1 Å². The molecule has 2 aromatic heterocycles. The maximum Gasteiger partial charge on any atom is 0.149 e. The summed E-state index contributed by atoms with van der Waals surface area (Å²) in [6.07, 6.45) is 0. The molecule has 0 saturated heterocycles. The minimum Gasteiger partial charge on any atom is -0.507 e. The SMILES string of the molecule is Oc1ccccc1-c1nc2ccc(-c3ccc4nc(-c5ccccc5O)n(-c5ccccc5)c4c3)cc2n1-c1ccccc1. The topological polar surface area (TPSA) is 76.1 Å². The fourth-order valence-corrected chi connectivity index (χ4v) is 5.87. The van der Waals surface area contributed by atoms with Crippen LogP contribution in [0.15, 0.2) is 146 Å². The summed E-state index contributed by atoms with van der Waals surface area (Å²) in [6, 6.07) is 47.2. The average molecular weight is 571 g/mol. The molecule has 0 saturated carbocycles. The molecule has 0 aliphatic heterocycles. The molecule has 0 unspecified atom stereocenters. The van der Waals surface area contributed by atoms with Crippen LogP contribution in [0, 0.1) is 0 Å². The Bertz CT molecular complexity index is 2140. The summed E-state index contributed by atoms with van der Waals surface area (Å²) in [5, 5.41) is 21.5. The van der Waals surface area contributed by atoms with Crippen LogP contribution in [0.1, 0.15) is 0 Å². The zero-order valence-corrected chi connectivity index (χ0v) is 23.5. The Kier molecular flexibility index (Phi) is 5.98. The second-order valence-corrected chi connectivity index (χ2v) is 10.7. The lowest BCUT2D eigenvalue weighted by molar-refractivity contribution is 0.476. The van der Waals surface area contributed by atoms with Gasteiger partial charge < -0.3 is 10.2 Å². The van der Waals surface area contributed by atoms with Crippen LogP contribution in [0.25, 0.3) is 67.3 Å². The molecule has 0 atom stereocenters. The van der Waals surface area contributed by atoms with Gasteiger partial charge in [-0.15, -0.1) is 0 Å². The number of nitrogens with zero attached hydrogens (tertiary/aromatic N) is 4. The van der Waals surface area contributed by atoms with E-state index in [4.69, 9.17) is 9.97 Å². The number of phenols is 2. The molecule has 0 radical (unpaired) electrons. The maximum atomic E-state index is 10.7. The van der Waals surface area contributed by atoms with Gasteiger partial charge in [-0.05, 0) is 83.9 Å². The number of aromatic hydroxyl groups is 2. The number of phenolic OH excluding ortho intramolecular Hbond substituents is 2. The molecule has 210 valence electrons. The molecular weight excluding hydrogens is 544 g/mol. The number of hydrogen-bond donors (Lipinski definition) is 2. The zero-order valence-electron chi connectivity index (χ0n) is 23.5. The van der Waals surface area contributed by atoms with E-state index in [0.29, 0.717) is 22.8 Å². The predicted molar refractivity (Wildman–Crippen MR) is 175 cm³/mol. The van der Waals surface area contributed by atoms with Gasteiger partial charge in [0.25, 0.3) is 0 Å². The third kappa shape index (κ3) is 4.20. The van der Waals surface area contributed by atoms with E-state index in [1.165, 1.54) is 0 Å². The van der Waals surface area contributed by atoms with E-state index in [9.17, 15) is 10.2 Å². The van der Waals surface area contributed by atoms with Crippen molar-refractivity contribution in [3.63, 3.8) is 0 Å². The van der Waals surface area contributed by atoms with Crippen molar-refractivity contribution in [3.8, 4) is 56.8 Å². The smallest absolute Gasteiger partial charge is 0.149 e. The summed E-state index contributed by atoms with van der Waals surface area (Å²) >= 11 is 0. The van der Waals surface area contributed by atoms with Gasteiger partial charge in [0.15, 0.2) is 0 Å². The van der Waals surface area contributed by atoms with E-state index in [0.717, 1.165) is 44.6 Å². The molecule has 0 aliphatic carbocycles. The number of fused-ring (bicyclic) bond motifs is 2. The van der Waals surface area contributed by atoms with E-state index in [2.05, 4.69) is 33.4 Å². The first-order valence-corrected chi connectivity index (χ1v) is 14.4.